The Bertz CT molecular complexity index is 356. The van der Waals surface area contributed by atoms with Crippen LogP contribution in [0.25, 0.3) is 0 Å². The van der Waals surface area contributed by atoms with Gasteiger partial charge in [-0.1, -0.05) is 12.1 Å². The van der Waals surface area contributed by atoms with Crippen molar-refractivity contribution in [3.8, 4) is 0 Å². The highest BCUT2D eigenvalue weighted by atomic mass is 16.7. The van der Waals surface area contributed by atoms with E-state index in [2.05, 4.69) is 17.0 Å². The van der Waals surface area contributed by atoms with Crippen LogP contribution in [-0.2, 0) is 9.63 Å². The molecule has 0 unspecified atom stereocenters. The Morgan fingerprint density at radius 1 is 1.39 bits per heavy atom. The van der Waals surface area contributed by atoms with E-state index in [-0.39, 0.29) is 5.91 Å². The summed E-state index contributed by atoms with van der Waals surface area (Å²) in [5.74, 6) is 0.0843. The van der Waals surface area contributed by atoms with Gasteiger partial charge >= 0.3 is 0 Å². The van der Waals surface area contributed by atoms with Gasteiger partial charge in [-0.3, -0.25) is 4.79 Å². The van der Waals surface area contributed by atoms with Gasteiger partial charge in [0.1, 0.15) is 0 Å². The zero-order valence-electron chi connectivity index (χ0n) is 11.6. The van der Waals surface area contributed by atoms with Gasteiger partial charge in [0, 0.05) is 26.1 Å². The molecule has 2 rings (SSSR count). The number of nitrogens with zero attached hydrogens (tertiary/aromatic N) is 3. The van der Waals surface area contributed by atoms with Gasteiger partial charge in [-0.25, -0.2) is 0 Å². The van der Waals surface area contributed by atoms with Gasteiger partial charge in [-0.2, -0.15) is 0 Å². The van der Waals surface area contributed by atoms with E-state index in [1.54, 1.807) is 0 Å². The normalized spacial score (nSPS) is 29.7. The first-order chi connectivity index (χ1) is 8.55. The van der Waals surface area contributed by atoms with Crippen molar-refractivity contribution in [1.82, 2.24) is 9.80 Å². The molecular weight excluding hydrogens is 230 g/mol. The van der Waals surface area contributed by atoms with Crippen LogP contribution in [0, 0.1) is 0 Å². The van der Waals surface area contributed by atoms with E-state index in [0.717, 1.165) is 44.9 Å². The van der Waals surface area contributed by atoms with Gasteiger partial charge in [0.25, 0.3) is 5.91 Å². The van der Waals surface area contributed by atoms with Crippen molar-refractivity contribution in [2.75, 3.05) is 32.7 Å². The second-order valence-corrected chi connectivity index (χ2v) is 5.41. The predicted molar refractivity (Wildman–Crippen MR) is 70.5 cm³/mol. The summed E-state index contributed by atoms with van der Waals surface area (Å²) in [6.07, 6.45) is 1.65. The van der Waals surface area contributed by atoms with Crippen LogP contribution < -0.4 is 0 Å². The minimum atomic E-state index is -0.772. The second-order valence-electron chi connectivity index (χ2n) is 5.41. The van der Waals surface area contributed by atoms with Crippen molar-refractivity contribution in [1.29, 1.82) is 0 Å². The summed E-state index contributed by atoms with van der Waals surface area (Å²) in [7, 11) is 0. The minimum absolute atomic E-state index is 0.0843. The quantitative estimate of drug-likeness (QED) is 0.740. The summed E-state index contributed by atoms with van der Waals surface area (Å²) < 4.78 is 0. The fourth-order valence-corrected chi connectivity index (χ4v) is 2.67. The number of rotatable bonds is 2. The van der Waals surface area contributed by atoms with Crippen molar-refractivity contribution >= 4 is 11.6 Å². The van der Waals surface area contributed by atoms with Crippen LogP contribution in [0.5, 0.6) is 0 Å². The van der Waals surface area contributed by atoms with Crippen molar-refractivity contribution in [2.45, 2.75) is 39.2 Å². The van der Waals surface area contributed by atoms with Gasteiger partial charge in [0.15, 0.2) is 0 Å². The van der Waals surface area contributed by atoms with E-state index in [9.17, 15) is 4.79 Å². The molecule has 2 aliphatic rings. The second kappa shape index (κ2) is 5.26. The van der Waals surface area contributed by atoms with E-state index in [1.165, 1.54) is 0 Å². The predicted octanol–water partition coefficient (Wildman–Crippen LogP) is 1.10. The molecule has 0 aliphatic carbocycles. The minimum Gasteiger partial charge on any atom is -0.379 e. The first kappa shape index (κ1) is 13.3. The molecule has 102 valence electrons. The molecule has 0 N–H and O–H groups in total. The summed E-state index contributed by atoms with van der Waals surface area (Å²) in [6, 6.07) is 0. The highest BCUT2D eigenvalue weighted by Gasteiger charge is 2.43. The third-order valence-corrected chi connectivity index (χ3v) is 3.77. The Morgan fingerprint density at radius 2 is 2.17 bits per heavy atom. The molecule has 1 fully saturated rings. The monoisotopic (exact) mass is 253 g/mol. The van der Waals surface area contributed by atoms with Gasteiger partial charge in [0.2, 0.25) is 5.60 Å². The molecule has 1 amide bonds. The van der Waals surface area contributed by atoms with E-state index in [4.69, 9.17) is 4.84 Å². The third kappa shape index (κ3) is 2.66. The maximum Gasteiger partial charge on any atom is 0.269 e. The number of oxime groups is 1. The maximum absolute atomic E-state index is 12.5. The highest BCUT2D eigenvalue weighted by Crippen LogP contribution is 2.26. The first-order valence-electron chi connectivity index (χ1n) is 6.78. The van der Waals surface area contributed by atoms with E-state index in [1.807, 2.05) is 18.7 Å². The summed E-state index contributed by atoms with van der Waals surface area (Å²) >= 11 is 0. The van der Waals surface area contributed by atoms with Crippen LogP contribution in [-0.4, -0.2) is 59.7 Å². The van der Waals surface area contributed by atoms with Crippen molar-refractivity contribution in [3.05, 3.63) is 0 Å². The molecule has 2 heterocycles. The van der Waals surface area contributed by atoms with Crippen LogP contribution >= 0.6 is 0 Å². The number of hydrogen-bond donors (Lipinski definition) is 0. The third-order valence-electron chi connectivity index (χ3n) is 3.77. The largest absolute Gasteiger partial charge is 0.379 e. The summed E-state index contributed by atoms with van der Waals surface area (Å²) in [4.78, 5) is 22.2. The molecular formula is C13H23N3O2. The molecule has 18 heavy (non-hydrogen) atoms. The number of likely N-dealkylation sites (N-methyl/N-ethyl adjacent to an activating group) is 1. The zero-order valence-corrected chi connectivity index (χ0v) is 11.6. The lowest BCUT2D eigenvalue weighted by molar-refractivity contribution is -0.153. The average molecular weight is 253 g/mol. The Balaban J connectivity index is 1.97. The topological polar surface area (TPSA) is 45.1 Å². The molecule has 0 aromatic carbocycles. The maximum atomic E-state index is 12.5. The standard InChI is InChI=1S/C13H23N3O2/c1-4-15-6-5-7-16(9-8-15)12(17)13(3)10-11(2)14-18-13/h4-10H2,1-3H3/t13-/m1/s1. The van der Waals surface area contributed by atoms with Gasteiger partial charge < -0.3 is 14.6 Å². The Labute approximate surface area is 109 Å². The smallest absolute Gasteiger partial charge is 0.269 e. The lowest BCUT2D eigenvalue weighted by Gasteiger charge is -2.29. The average Bonchev–Trinajstić information content (AvgIpc) is 2.59. The van der Waals surface area contributed by atoms with Crippen LogP contribution in [0.15, 0.2) is 5.16 Å². The molecule has 0 aromatic heterocycles. The lowest BCUT2D eigenvalue weighted by atomic mass is 9.98. The highest BCUT2D eigenvalue weighted by molar-refractivity contribution is 5.94. The van der Waals surface area contributed by atoms with E-state index >= 15 is 0 Å². The Hall–Kier alpha value is -1.10. The number of hydrogen-bond acceptors (Lipinski definition) is 4. The number of amides is 1. The van der Waals surface area contributed by atoms with Gasteiger partial charge in [-0.15, -0.1) is 0 Å². The molecule has 1 saturated heterocycles. The van der Waals surface area contributed by atoms with E-state index < -0.39 is 5.60 Å². The Morgan fingerprint density at radius 3 is 2.78 bits per heavy atom. The van der Waals surface area contributed by atoms with E-state index in [0.29, 0.717) is 6.42 Å². The fourth-order valence-electron chi connectivity index (χ4n) is 2.67. The molecule has 0 saturated carbocycles. The van der Waals surface area contributed by atoms with Crippen LogP contribution in [0.3, 0.4) is 0 Å². The molecule has 1 atom stereocenters. The molecule has 5 heteroatoms. The fraction of sp³-hybridized carbons (Fsp3) is 0.846. The van der Waals surface area contributed by atoms with Crippen molar-refractivity contribution in [3.63, 3.8) is 0 Å². The van der Waals surface area contributed by atoms with Crippen molar-refractivity contribution in [2.24, 2.45) is 5.16 Å². The van der Waals surface area contributed by atoms with Crippen LogP contribution in [0.1, 0.15) is 33.6 Å². The summed E-state index contributed by atoms with van der Waals surface area (Å²) in [6.45, 7) is 10.6. The van der Waals surface area contributed by atoms with Crippen LogP contribution in [0.2, 0.25) is 0 Å². The number of carbonyl (C=O) groups excluding carboxylic acids is 1. The first-order valence-corrected chi connectivity index (χ1v) is 6.78. The summed E-state index contributed by atoms with van der Waals surface area (Å²) in [5, 5.41) is 3.92. The molecule has 5 nitrogen and oxygen atoms in total. The van der Waals surface area contributed by atoms with Crippen LogP contribution in [0.4, 0.5) is 0 Å². The molecule has 0 spiro atoms. The molecule has 0 radical (unpaired) electrons. The van der Waals surface area contributed by atoms with Gasteiger partial charge in [0.05, 0.1) is 5.71 Å². The lowest BCUT2D eigenvalue weighted by Crippen LogP contribution is -2.48. The SMILES string of the molecule is CCN1CCCN(C(=O)[C@@]2(C)CC(C)=NO2)CC1. The molecule has 2 aliphatic heterocycles. The Kier molecular flexibility index (Phi) is 3.90. The van der Waals surface area contributed by atoms with Gasteiger partial charge in [-0.05, 0) is 33.4 Å². The summed E-state index contributed by atoms with van der Waals surface area (Å²) in [5.41, 5.74) is 0.127. The molecule has 0 bridgehead atoms. The number of carbonyl (C=O) groups is 1. The zero-order chi connectivity index (χ0) is 13.2. The van der Waals surface area contributed by atoms with Crippen molar-refractivity contribution < 1.29 is 9.63 Å². The molecule has 0 aromatic rings.